The Hall–Kier alpha value is -0.890. The van der Waals surface area contributed by atoms with Crippen LogP contribution in [0, 0.1) is 11.2 Å². The molecule has 1 rings (SSSR count). The third kappa shape index (κ3) is 4.75. The molecule has 90 valence electrons. The van der Waals surface area contributed by atoms with Gasteiger partial charge in [0.15, 0.2) is 0 Å². The van der Waals surface area contributed by atoms with Crippen molar-refractivity contribution in [3.8, 4) is 0 Å². The average Bonchev–Trinajstić information content (AvgIpc) is 2.14. The highest BCUT2D eigenvalue weighted by Crippen LogP contribution is 2.22. The molecule has 0 bridgehead atoms. The quantitative estimate of drug-likeness (QED) is 0.825. The number of benzene rings is 1. The summed E-state index contributed by atoms with van der Waals surface area (Å²) in [6.07, 6.45) is 1.96. The largest absolute Gasteiger partial charge is 0.317 e. The van der Waals surface area contributed by atoms with Gasteiger partial charge in [-0.3, -0.25) is 0 Å². The molecule has 1 nitrogen and oxygen atoms in total. The van der Waals surface area contributed by atoms with Crippen molar-refractivity contribution in [2.75, 3.05) is 7.05 Å². The second kappa shape index (κ2) is 5.44. The maximum atomic E-state index is 13.0. The van der Waals surface area contributed by atoms with Crippen LogP contribution in [-0.4, -0.2) is 13.1 Å². The minimum Gasteiger partial charge on any atom is -0.317 e. The second-order valence-electron chi connectivity index (χ2n) is 5.58. The Balaban J connectivity index is 2.63. The van der Waals surface area contributed by atoms with Gasteiger partial charge in [0.25, 0.3) is 0 Å². The van der Waals surface area contributed by atoms with Crippen molar-refractivity contribution in [3.05, 3.63) is 35.6 Å². The van der Waals surface area contributed by atoms with E-state index < -0.39 is 0 Å². The van der Waals surface area contributed by atoms with Gasteiger partial charge in [-0.25, -0.2) is 4.39 Å². The molecule has 0 radical (unpaired) electrons. The van der Waals surface area contributed by atoms with E-state index in [1.165, 1.54) is 6.07 Å². The van der Waals surface area contributed by atoms with Crippen molar-refractivity contribution in [1.82, 2.24) is 5.32 Å². The van der Waals surface area contributed by atoms with Gasteiger partial charge in [0.1, 0.15) is 5.82 Å². The lowest BCUT2D eigenvalue weighted by Crippen LogP contribution is -2.32. The number of hydrogen-bond donors (Lipinski definition) is 1. The Labute approximate surface area is 98.1 Å². The standard InChI is InChI=1S/C14H22FN/c1-14(2,3)10-13(16-4)9-11-6-5-7-12(15)8-11/h5-8,13,16H,9-10H2,1-4H3. The van der Waals surface area contributed by atoms with E-state index in [1.54, 1.807) is 12.1 Å². The van der Waals surface area contributed by atoms with Crippen molar-refractivity contribution >= 4 is 0 Å². The topological polar surface area (TPSA) is 12.0 Å². The van der Waals surface area contributed by atoms with Gasteiger partial charge in [0.05, 0.1) is 0 Å². The number of nitrogens with one attached hydrogen (secondary N) is 1. The lowest BCUT2D eigenvalue weighted by Gasteiger charge is -2.25. The minimum absolute atomic E-state index is 0.150. The Morgan fingerprint density at radius 2 is 2.00 bits per heavy atom. The van der Waals surface area contributed by atoms with E-state index in [9.17, 15) is 4.39 Å². The van der Waals surface area contributed by atoms with Crippen LogP contribution in [0.2, 0.25) is 0 Å². The summed E-state index contributed by atoms with van der Waals surface area (Å²) in [6, 6.07) is 7.26. The molecule has 1 unspecified atom stereocenters. The fraction of sp³-hybridized carbons (Fsp3) is 0.571. The molecule has 0 heterocycles. The Kier molecular flexibility index (Phi) is 4.48. The van der Waals surface area contributed by atoms with Crippen LogP contribution in [0.25, 0.3) is 0 Å². The third-order valence-electron chi connectivity index (χ3n) is 2.64. The molecule has 1 aromatic carbocycles. The van der Waals surface area contributed by atoms with E-state index in [4.69, 9.17) is 0 Å². The van der Waals surface area contributed by atoms with Gasteiger partial charge in [0, 0.05) is 6.04 Å². The molecule has 1 N–H and O–H groups in total. The predicted molar refractivity (Wildman–Crippen MR) is 67.0 cm³/mol. The normalized spacial score (nSPS) is 13.8. The first-order valence-electron chi connectivity index (χ1n) is 5.82. The van der Waals surface area contributed by atoms with Crippen LogP contribution in [0.15, 0.2) is 24.3 Å². The van der Waals surface area contributed by atoms with E-state index in [0.717, 1.165) is 18.4 Å². The molecular formula is C14H22FN. The lowest BCUT2D eigenvalue weighted by molar-refractivity contribution is 0.316. The van der Waals surface area contributed by atoms with Gasteiger partial charge < -0.3 is 5.32 Å². The molecule has 16 heavy (non-hydrogen) atoms. The highest BCUT2D eigenvalue weighted by molar-refractivity contribution is 5.17. The molecule has 0 saturated heterocycles. The summed E-state index contributed by atoms with van der Waals surface area (Å²) in [5.41, 5.74) is 1.35. The third-order valence-corrected chi connectivity index (χ3v) is 2.64. The summed E-state index contributed by atoms with van der Waals surface area (Å²) >= 11 is 0. The Bertz CT molecular complexity index is 328. The number of likely N-dealkylation sites (N-methyl/N-ethyl adjacent to an activating group) is 1. The van der Waals surface area contributed by atoms with Crippen molar-refractivity contribution < 1.29 is 4.39 Å². The minimum atomic E-state index is -0.150. The van der Waals surface area contributed by atoms with Crippen LogP contribution in [0.5, 0.6) is 0 Å². The molecule has 0 amide bonds. The summed E-state index contributed by atoms with van der Waals surface area (Å²) in [5.74, 6) is -0.150. The molecular weight excluding hydrogens is 201 g/mol. The first-order chi connectivity index (χ1) is 7.40. The van der Waals surface area contributed by atoms with Crippen LogP contribution in [-0.2, 0) is 6.42 Å². The van der Waals surface area contributed by atoms with Gasteiger partial charge in [-0.15, -0.1) is 0 Å². The fourth-order valence-electron chi connectivity index (χ4n) is 1.96. The number of hydrogen-bond acceptors (Lipinski definition) is 1. The molecule has 0 fully saturated rings. The number of rotatable bonds is 4. The molecule has 0 saturated carbocycles. The molecule has 1 aromatic rings. The summed E-state index contributed by atoms with van der Waals surface area (Å²) in [4.78, 5) is 0. The molecule has 0 aliphatic carbocycles. The van der Waals surface area contributed by atoms with Crippen LogP contribution in [0.1, 0.15) is 32.8 Å². The molecule has 1 atom stereocenters. The first-order valence-corrected chi connectivity index (χ1v) is 5.82. The van der Waals surface area contributed by atoms with Crippen LogP contribution in [0.4, 0.5) is 4.39 Å². The van der Waals surface area contributed by atoms with E-state index >= 15 is 0 Å². The summed E-state index contributed by atoms with van der Waals surface area (Å²) in [5, 5.41) is 3.30. The van der Waals surface area contributed by atoms with Gasteiger partial charge in [0.2, 0.25) is 0 Å². The van der Waals surface area contributed by atoms with E-state index in [-0.39, 0.29) is 5.82 Å². The van der Waals surface area contributed by atoms with E-state index in [0.29, 0.717) is 11.5 Å². The van der Waals surface area contributed by atoms with Crippen molar-refractivity contribution in [3.63, 3.8) is 0 Å². The smallest absolute Gasteiger partial charge is 0.123 e. The number of halogens is 1. The van der Waals surface area contributed by atoms with Gasteiger partial charge in [-0.2, -0.15) is 0 Å². The fourth-order valence-corrected chi connectivity index (χ4v) is 1.96. The zero-order chi connectivity index (χ0) is 12.2. The lowest BCUT2D eigenvalue weighted by atomic mass is 9.86. The molecule has 0 aliphatic rings. The molecule has 0 spiro atoms. The summed E-state index contributed by atoms with van der Waals surface area (Å²) in [6.45, 7) is 6.68. The maximum Gasteiger partial charge on any atom is 0.123 e. The highest BCUT2D eigenvalue weighted by Gasteiger charge is 2.17. The van der Waals surface area contributed by atoms with E-state index in [1.807, 2.05) is 13.1 Å². The predicted octanol–water partition coefficient (Wildman–Crippen LogP) is 3.39. The van der Waals surface area contributed by atoms with Crippen molar-refractivity contribution in [1.29, 1.82) is 0 Å². The van der Waals surface area contributed by atoms with Crippen LogP contribution in [0.3, 0.4) is 0 Å². The van der Waals surface area contributed by atoms with Crippen LogP contribution >= 0.6 is 0 Å². The Morgan fingerprint density at radius 3 is 2.50 bits per heavy atom. The van der Waals surface area contributed by atoms with Gasteiger partial charge in [-0.05, 0) is 43.0 Å². The molecule has 0 aromatic heterocycles. The highest BCUT2D eigenvalue weighted by atomic mass is 19.1. The summed E-state index contributed by atoms with van der Waals surface area (Å²) in [7, 11) is 1.97. The van der Waals surface area contributed by atoms with Gasteiger partial charge >= 0.3 is 0 Å². The van der Waals surface area contributed by atoms with Crippen molar-refractivity contribution in [2.45, 2.75) is 39.7 Å². The SMILES string of the molecule is CNC(Cc1cccc(F)c1)CC(C)(C)C. The average molecular weight is 223 g/mol. The molecule has 2 heteroatoms. The van der Waals surface area contributed by atoms with Crippen LogP contribution < -0.4 is 5.32 Å². The first kappa shape index (κ1) is 13.2. The maximum absolute atomic E-state index is 13.0. The molecule has 0 aliphatic heterocycles. The Morgan fingerprint density at radius 1 is 1.31 bits per heavy atom. The zero-order valence-electron chi connectivity index (χ0n) is 10.7. The summed E-state index contributed by atoms with van der Waals surface area (Å²) < 4.78 is 13.0. The van der Waals surface area contributed by atoms with E-state index in [2.05, 4.69) is 26.1 Å². The second-order valence-corrected chi connectivity index (χ2v) is 5.58. The monoisotopic (exact) mass is 223 g/mol. The zero-order valence-corrected chi connectivity index (χ0v) is 10.7. The van der Waals surface area contributed by atoms with Crippen molar-refractivity contribution in [2.24, 2.45) is 5.41 Å². The van der Waals surface area contributed by atoms with Gasteiger partial charge in [-0.1, -0.05) is 32.9 Å².